The number of hydrogen-bond acceptors (Lipinski definition) is 3. The van der Waals surface area contributed by atoms with Gasteiger partial charge in [0.2, 0.25) is 0 Å². The summed E-state index contributed by atoms with van der Waals surface area (Å²) in [5, 5.41) is 16.7. The van der Waals surface area contributed by atoms with E-state index >= 15 is 0 Å². The SMILES string of the molecule is O=C1Nc2ccc(Nc3cccc(C(F)(F)F)c3)cc2C1(O)Cc1ccccc1. The number of benzene rings is 3. The first-order valence-corrected chi connectivity index (χ1v) is 8.92. The lowest BCUT2D eigenvalue weighted by Gasteiger charge is -2.21. The van der Waals surface area contributed by atoms with E-state index in [2.05, 4.69) is 10.6 Å². The number of hydrogen-bond donors (Lipinski definition) is 3. The van der Waals surface area contributed by atoms with Crippen LogP contribution in [0.2, 0.25) is 0 Å². The van der Waals surface area contributed by atoms with Gasteiger partial charge in [0, 0.05) is 29.0 Å². The molecular weight excluding hydrogens is 381 g/mol. The van der Waals surface area contributed by atoms with Crippen LogP contribution in [0.3, 0.4) is 0 Å². The van der Waals surface area contributed by atoms with Gasteiger partial charge in [0.05, 0.1) is 5.56 Å². The third kappa shape index (κ3) is 3.69. The number of halogens is 3. The van der Waals surface area contributed by atoms with E-state index in [1.54, 1.807) is 18.2 Å². The largest absolute Gasteiger partial charge is 0.416 e. The van der Waals surface area contributed by atoms with Crippen LogP contribution in [0.15, 0.2) is 72.8 Å². The van der Waals surface area contributed by atoms with E-state index in [0.29, 0.717) is 16.9 Å². The molecule has 1 heterocycles. The van der Waals surface area contributed by atoms with Crippen molar-refractivity contribution in [2.24, 2.45) is 0 Å². The average Bonchev–Trinajstić information content (AvgIpc) is 2.92. The maximum Gasteiger partial charge on any atom is 0.416 e. The highest BCUT2D eigenvalue weighted by atomic mass is 19.4. The summed E-state index contributed by atoms with van der Waals surface area (Å²) < 4.78 is 38.8. The van der Waals surface area contributed by atoms with E-state index in [-0.39, 0.29) is 12.1 Å². The van der Waals surface area contributed by atoms with Crippen molar-refractivity contribution >= 4 is 23.0 Å². The maximum absolute atomic E-state index is 12.9. The van der Waals surface area contributed by atoms with Crippen molar-refractivity contribution < 1.29 is 23.1 Å². The highest BCUT2D eigenvalue weighted by Gasteiger charge is 2.45. The lowest BCUT2D eigenvalue weighted by molar-refractivity contribution is -0.137. The molecule has 1 aliphatic heterocycles. The molecule has 4 rings (SSSR count). The van der Waals surface area contributed by atoms with Gasteiger partial charge in [-0.3, -0.25) is 4.79 Å². The zero-order valence-electron chi connectivity index (χ0n) is 15.1. The zero-order chi connectivity index (χ0) is 20.6. The van der Waals surface area contributed by atoms with Gasteiger partial charge in [-0.05, 0) is 42.0 Å². The molecule has 0 saturated carbocycles. The Morgan fingerprint density at radius 2 is 1.66 bits per heavy atom. The topological polar surface area (TPSA) is 61.4 Å². The number of carbonyl (C=O) groups is 1. The van der Waals surface area contributed by atoms with Crippen molar-refractivity contribution in [3.8, 4) is 0 Å². The summed E-state index contributed by atoms with van der Waals surface area (Å²) in [5.41, 5.74) is -0.168. The Labute approximate surface area is 165 Å². The third-order valence-corrected chi connectivity index (χ3v) is 4.87. The van der Waals surface area contributed by atoms with Gasteiger partial charge >= 0.3 is 6.18 Å². The Kier molecular flexibility index (Phi) is 4.55. The number of alkyl halides is 3. The van der Waals surface area contributed by atoms with Crippen LogP contribution in [-0.4, -0.2) is 11.0 Å². The first kappa shape index (κ1) is 19.0. The Morgan fingerprint density at radius 3 is 2.38 bits per heavy atom. The second-order valence-electron chi connectivity index (χ2n) is 6.94. The molecule has 0 bridgehead atoms. The number of anilines is 3. The fraction of sp³-hybridized carbons (Fsp3) is 0.136. The lowest BCUT2D eigenvalue weighted by Crippen LogP contribution is -2.36. The van der Waals surface area contributed by atoms with Gasteiger partial charge < -0.3 is 15.7 Å². The Balaban J connectivity index is 1.65. The van der Waals surface area contributed by atoms with E-state index in [1.165, 1.54) is 12.1 Å². The van der Waals surface area contributed by atoms with E-state index in [4.69, 9.17) is 0 Å². The molecule has 1 atom stereocenters. The van der Waals surface area contributed by atoms with Crippen LogP contribution in [0.25, 0.3) is 0 Å². The number of aliphatic hydroxyl groups is 1. The summed E-state index contributed by atoms with van der Waals surface area (Å²) in [4.78, 5) is 12.5. The highest BCUT2D eigenvalue weighted by Crippen LogP contribution is 2.40. The highest BCUT2D eigenvalue weighted by molar-refractivity contribution is 6.05. The summed E-state index contributed by atoms with van der Waals surface area (Å²) in [6, 6.07) is 18.8. The maximum atomic E-state index is 12.9. The van der Waals surface area contributed by atoms with Crippen LogP contribution < -0.4 is 10.6 Å². The standard InChI is InChI=1S/C22H17F3N2O2/c23-22(24,25)15-7-4-8-16(11-15)26-17-9-10-19-18(12-17)21(29,20(28)27-19)13-14-5-2-1-3-6-14/h1-12,26,29H,13H2,(H,27,28). The minimum Gasteiger partial charge on any atom is -0.375 e. The second kappa shape index (κ2) is 6.93. The molecule has 1 aliphatic rings. The van der Waals surface area contributed by atoms with Gasteiger partial charge in [-0.25, -0.2) is 0 Å². The quantitative estimate of drug-likeness (QED) is 0.590. The van der Waals surface area contributed by atoms with E-state index in [0.717, 1.165) is 17.7 Å². The predicted octanol–water partition coefficient (Wildman–Crippen LogP) is 4.83. The van der Waals surface area contributed by atoms with Gasteiger partial charge in [-0.15, -0.1) is 0 Å². The Hall–Kier alpha value is -3.32. The molecule has 29 heavy (non-hydrogen) atoms. The molecule has 0 saturated heterocycles. The van der Waals surface area contributed by atoms with Crippen LogP contribution in [0.1, 0.15) is 16.7 Å². The van der Waals surface area contributed by atoms with Gasteiger partial charge in [0.25, 0.3) is 5.91 Å². The Bertz CT molecular complexity index is 1070. The number of amides is 1. The monoisotopic (exact) mass is 398 g/mol. The van der Waals surface area contributed by atoms with Crippen LogP contribution in [-0.2, 0) is 23.0 Å². The van der Waals surface area contributed by atoms with Gasteiger partial charge in [-0.1, -0.05) is 36.4 Å². The minimum atomic E-state index is -4.44. The van der Waals surface area contributed by atoms with Crippen LogP contribution in [0, 0.1) is 0 Å². The van der Waals surface area contributed by atoms with Crippen molar-refractivity contribution in [3.63, 3.8) is 0 Å². The molecule has 3 aromatic carbocycles. The molecule has 4 nitrogen and oxygen atoms in total. The van der Waals surface area contributed by atoms with E-state index in [1.807, 2.05) is 30.3 Å². The number of fused-ring (bicyclic) bond motifs is 1. The first-order chi connectivity index (χ1) is 13.8. The number of carbonyl (C=O) groups excluding carboxylic acids is 1. The molecule has 0 aliphatic carbocycles. The van der Waals surface area contributed by atoms with Crippen molar-refractivity contribution in [2.75, 3.05) is 10.6 Å². The fourth-order valence-corrected chi connectivity index (χ4v) is 3.43. The van der Waals surface area contributed by atoms with Crippen molar-refractivity contribution in [1.29, 1.82) is 0 Å². The van der Waals surface area contributed by atoms with E-state index < -0.39 is 23.2 Å². The number of nitrogens with one attached hydrogen (secondary N) is 2. The molecule has 1 amide bonds. The van der Waals surface area contributed by atoms with Gasteiger partial charge in [0.15, 0.2) is 5.60 Å². The van der Waals surface area contributed by atoms with Gasteiger partial charge in [-0.2, -0.15) is 13.2 Å². The molecule has 3 aromatic rings. The van der Waals surface area contributed by atoms with Crippen LogP contribution in [0.4, 0.5) is 30.2 Å². The molecule has 0 aromatic heterocycles. The molecule has 148 valence electrons. The summed E-state index contributed by atoms with van der Waals surface area (Å²) in [6.07, 6.45) is -4.36. The van der Waals surface area contributed by atoms with Crippen molar-refractivity contribution in [1.82, 2.24) is 0 Å². The van der Waals surface area contributed by atoms with Crippen molar-refractivity contribution in [3.05, 3.63) is 89.5 Å². The number of rotatable bonds is 4. The summed E-state index contributed by atoms with van der Waals surface area (Å²) in [5.74, 6) is -0.535. The first-order valence-electron chi connectivity index (χ1n) is 8.92. The predicted molar refractivity (Wildman–Crippen MR) is 104 cm³/mol. The van der Waals surface area contributed by atoms with E-state index in [9.17, 15) is 23.1 Å². The van der Waals surface area contributed by atoms with Crippen molar-refractivity contribution in [2.45, 2.75) is 18.2 Å². The lowest BCUT2D eigenvalue weighted by atomic mass is 9.88. The zero-order valence-corrected chi connectivity index (χ0v) is 15.1. The Morgan fingerprint density at radius 1 is 0.931 bits per heavy atom. The second-order valence-corrected chi connectivity index (χ2v) is 6.94. The summed E-state index contributed by atoms with van der Waals surface area (Å²) in [6.45, 7) is 0. The molecule has 0 radical (unpaired) electrons. The molecule has 3 N–H and O–H groups in total. The molecular formula is C22H17F3N2O2. The summed E-state index contributed by atoms with van der Waals surface area (Å²) in [7, 11) is 0. The average molecular weight is 398 g/mol. The third-order valence-electron chi connectivity index (χ3n) is 4.87. The molecule has 7 heteroatoms. The summed E-state index contributed by atoms with van der Waals surface area (Å²) >= 11 is 0. The fourth-order valence-electron chi connectivity index (χ4n) is 3.43. The van der Waals surface area contributed by atoms with Crippen LogP contribution >= 0.6 is 0 Å². The molecule has 0 fully saturated rings. The normalized spacial score (nSPS) is 18.3. The minimum absolute atomic E-state index is 0.0830. The van der Waals surface area contributed by atoms with Crippen LogP contribution in [0.5, 0.6) is 0 Å². The van der Waals surface area contributed by atoms with Gasteiger partial charge in [0.1, 0.15) is 0 Å². The molecule has 0 spiro atoms. The molecule has 1 unspecified atom stereocenters. The smallest absolute Gasteiger partial charge is 0.375 e.